The molecule has 0 aliphatic heterocycles. The van der Waals surface area contributed by atoms with E-state index in [1.54, 1.807) is 0 Å². The molecule has 1 aliphatic rings. The van der Waals surface area contributed by atoms with Crippen molar-refractivity contribution >= 4 is 11.8 Å². The minimum atomic E-state index is 0.717. The van der Waals surface area contributed by atoms with Crippen LogP contribution in [0.5, 0.6) is 0 Å². The smallest absolute Gasteiger partial charge is 0.00376 e. The predicted molar refractivity (Wildman–Crippen MR) is 49.2 cm³/mol. The zero-order chi connectivity index (χ0) is 7.40. The summed E-state index contributed by atoms with van der Waals surface area (Å²) in [5.41, 5.74) is 0. The molecule has 0 fully saturated rings. The Hall–Kier alpha value is -0.170. The third-order valence-electron chi connectivity index (χ3n) is 1.33. The van der Waals surface area contributed by atoms with Crippen LogP contribution in [0.1, 0.15) is 26.7 Å². The number of hydrogen-bond donors (Lipinski definition) is 0. The Kier molecular flexibility index (Phi) is 3.07. The van der Waals surface area contributed by atoms with Crippen molar-refractivity contribution in [1.29, 1.82) is 0 Å². The van der Waals surface area contributed by atoms with Crippen LogP contribution in [0.4, 0.5) is 0 Å². The molecule has 56 valence electrons. The van der Waals surface area contributed by atoms with E-state index in [0.29, 0.717) is 5.25 Å². The molecule has 1 rings (SSSR count). The molecule has 0 aromatic carbocycles. The Morgan fingerprint density at radius 2 is 2.20 bits per heavy atom. The molecule has 0 saturated carbocycles. The first-order chi connectivity index (χ1) is 4.79. The van der Waals surface area contributed by atoms with Crippen LogP contribution >= 0.6 is 11.8 Å². The van der Waals surface area contributed by atoms with Gasteiger partial charge in [-0.1, -0.05) is 32.1 Å². The molecule has 10 heavy (non-hydrogen) atoms. The second-order valence-electron chi connectivity index (χ2n) is 2.75. The molecular weight excluding hydrogens is 140 g/mol. The van der Waals surface area contributed by atoms with E-state index in [1.165, 1.54) is 17.7 Å². The number of hydrogen-bond acceptors (Lipinski definition) is 1. The maximum atomic E-state index is 2.32. The highest BCUT2D eigenvalue weighted by Crippen LogP contribution is 2.25. The average molecular weight is 154 g/mol. The summed E-state index contributed by atoms with van der Waals surface area (Å²) < 4.78 is 0. The topological polar surface area (TPSA) is 0 Å². The van der Waals surface area contributed by atoms with Crippen molar-refractivity contribution in [3.05, 3.63) is 23.1 Å². The SMILES string of the molecule is CC(C)SC1=CCCC=C1. The fourth-order valence-corrected chi connectivity index (χ4v) is 1.88. The highest BCUT2D eigenvalue weighted by atomic mass is 32.2. The van der Waals surface area contributed by atoms with Gasteiger partial charge in [-0.15, -0.1) is 11.8 Å². The predicted octanol–water partition coefficient (Wildman–Crippen LogP) is 3.36. The molecule has 0 bridgehead atoms. The third-order valence-corrected chi connectivity index (χ3v) is 2.38. The van der Waals surface area contributed by atoms with Crippen molar-refractivity contribution < 1.29 is 0 Å². The lowest BCUT2D eigenvalue weighted by atomic mass is 10.2. The quantitative estimate of drug-likeness (QED) is 0.587. The van der Waals surface area contributed by atoms with Gasteiger partial charge in [0, 0.05) is 10.2 Å². The van der Waals surface area contributed by atoms with Gasteiger partial charge in [-0.25, -0.2) is 0 Å². The highest BCUT2D eigenvalue weighted by Gasteiger charge is 1.99. The summed E-state index contributed by atoms with van der Waals surface area (Å²) in [7, 11) is 0. The van der Waals surface area contributed by atoms with E-state index in [1.807, 2.05) is 11.8 Å². The molecule has 0 aromatic rings. The summed E-state index contributed by atoms with van der Waals surface area (Å²) in [5.74, 6) is 0. The van der Waals surface area contributed by atoms with Gasteiger partial charge in [0.15, 0.2) is 0 Å². The summed E-state index contributed by atoms with van der Waals surface area (Å²) in [6, 6.07) is 0. The second-order valence-corrected chi connectivity index (χ2v) is 4.40. The van der Waals surface area contributed by atoms with Crippen LogP contribution in [0.15, 0.2) is 23.1 Å². The van der Waals surface area contributed by atoms with Crippen molar-refractivity contribution in [3.8, 4) is 0 Å². The van der Waals surface area contributed by atoms with Gasteiger partial charge in [-0.3, -0.25) is 0 Å². The summed E-state index contributed by atoms with van der Waals surface area (Å²) >= 11 is 1.95. The van der Waals surface area contributed by atoms with Gasteiger partial charge in [0.1, 0.15) is 0 Å². The van der Waals surface area contributed by atoms with Crippen molar-refractivity contribution in [1.82, 2.24) is 0 Å². The first-order valence-electron chi connectivity index (χ1n) is 3.82. The van der Waals surface area contributed by atoms with E-state index in [0.717, 1.165) is 0 Å². The lowest BCUT2D eigenvalue weighted by Gasteiger charge is -2.08. The van der Waals surface area contributed by atoms with Gasteiger partial charge in [0.25, 0.3) is 0 Å². The molecule has 0 atom stereocenters. The van der Waals surface area contributed by atoms with Crippen LogP contribution in [-0.4, -0.2) is 5.25 Å². The average Bonchev–Trinajstić information content (AvgIpc) is 1.88. The summed E-state index contributed by atoms with van der Waals surface area (Å²) in [6.45, 7) is 4.46. The van der Waals surface area contributed by atoms with Gasteiger partial charge in [0.05, 0.1) is 0 Å². The minimum absolute atomic E-state index is 0.717. The summed E-state index contributed by atoms with van der Waals surface area (Å²) in [4.78, 5) is 1.45. The van der Waals surface area contributed by atoms with E-state index in [4.69, 9.17) is 0 Å². The van der Waals surface area contributed by atoms with Crippen LogP contribution in [0.3, 0.4) is 0 Å². The van der Waals surface area contributed by atoms with Crippen LogP contribution in [0.2, 0.25) is 0 Å². The van der Waals surface area contributed by atoms with Gasteiger partial charge in [0.2, 0.25) is 0 Å². The van der Waals surface area contributed by atoms with Gasteiger partial charge >= 0.3 is 0 Å². The molecule has 0 spiro atoms. The Morgan fingerprint density at radius 1 is 1.40 bits per heavy atom. The first kappa shape index (κ1) is 7.93. The minimum Gasteiger partial charge on any atom is -0.124 e. The normalized spacial score (nSPS) is 17.7. The molecule has 0 amide bonds. The molecular formula is C9H14S. The molecule has 0 saturated heterocycles. The van der Waals surface area contributed by atoms with Gasteiger partial charge in [-0.05, 0) is 12.8 Å². The van der Waals surface area contributed by atoms with E-state index in [9.17, 15) is 0 Å². The number of rotatable bonds is 2. The molecule has 0 nitrogen and oxygen atoms in total. The van der Waals surface area contributed by atoms with E-state index in [-0.39, 0.29) is 0 Å². The van der Waals surface area contributed by atoms with Crippen molar-refractivity contribution in [2.24, 2.45) is 0 Å². The molecule has 0 heterocycles. The Morgan fingerprint density at radius 3 is 2.70 bits per heavy atom. The van der Waals surface area contributed by atoms with Crippen LogP contribution in [0, 0.1) is 0 Å². The lowest BCUT2D eigenvalue weighted by molar-refractivity contribution is 1.03. The van der Waals surface area contributed by atoms with Crippen LogP contribution in [-0.2, 0) is 0 Å². The summed E-state index contributed by atoms with van der Waals surface area (Å²) in [5, 5.41) is 0.717. The molecule has 0 unspecified atom stereocenters. The second kappa shape index (κ2) is 3.87. The van der Waals surface area contributed by atoms with E-state index < -0.39 is 0 Å². The third kappa shape index (κ3) is 2.61. The fraction of sp³-hybridized carbons (Fsp3) is 0.556. The van der Waals surface area contributed by atoms with Gasteiger partial charge in [-0.2, -0.15) is 0 Å². The number of thioether (sulfide) groups is 1. The summed E-state index contributed by atoms with van der Waals surface area (Å²) in [6.07, 6.45) is 9.26. The Labute approximate surface area is 67.4 Å². The van der Waals surface area contributed by atoms with Crippen LogP contribution in [0.25, 0.3) is 0 Å². The van der Waals surface area contributed by atoms with E-state index in [2.05, 4.69) is 32.1 Å². The molecule has 0 radical (unpaired) electrons. The Balaban J connectivity index is 2.40. The monoisotopic (exact) mass is 154 g/mol. The lowest BCUT2D eigenvalue weighted by Crippen LogP contribution is -1.88. The van der Waals surface area contributed by atoms with Crippen molar-refractivity contribution in [3.63, 3.8) is 0 Å². The largest absolute Gasteiger partial charge is 0.124 e. The van der Waals surface area contributed by atoms with Crippen molar-refractivity contribution in [2.45, 2.75) is 31.9 Å². The molecule has 1 heteroatoms. The first-order valence-corrected chi connectivity index (χ1v) is 4.70. The molecule has 1 aliphatic carbocycles. The highest BCUT2D eigenvalue weighted by molar-refractivity contribution is 8.03. The number of allylic oxidation sites excluding steroid dienone is 3. The fourth-order valence-electron chi connectivity index (χ4n) is 0.949. The zero-order valence-corrected chi connectivity index (χ0v) is 7.45. The van der Waals surface area contributed by atoms with Crippen molar-refractivity contribution in [2.75, 3.05) is 0 Å². The van der Waals surface area contributed by atoms with Crippen LogP contribution < -0.4 is 0 Å². The molecule has 0 aromatic heterocycles. The zero-order valence-electron chi connectivity index (χ0n) is 6.63. The maximum absolute atomic E-state index is 2.32. The standard InChI is InChI=1S/C9H14S/c1-8(2)10-9-6-4-3-5-7-9/h4,6-8H,3,5H2,1-2H3. The Bertz CT molecular complexity index is 154. The molecule has 0 N–H and O–H groups in total. The maximum Gasteiger partial charge on any atom is 0.00376 e. The van der Waals surface area contributed by atoms with E-state index >= 15 is 0 Å². The van der Waals surface area contributed by atoms with Gasteiger partial charge < -0.3 is 0 Å².